The summed E-state index contributed by atoms with van der Waals surface area (Å²) in [5.74, 6) is 1.66. The lowest BCUT2D eigenvalue weighted by Gasteiger charge is -2.44. The van der Waals surface area contributed by atoms with Crippen LogP contribution in [-0.2, 0) is 0 Å². The second-order valence-corrected chi connectivity index (χ2v) is 12.9. The zero-order valence-electron chi connectivity index (χ0n) is 21.8. The van der Waals surface area contributed by atoms with Gasteiger partial charge in [-0.2, -0.15) is 11.8 Å². The zero-order chi connectivity index (χ0) is 25.1. The van der Waals surface area contributed by atoms with Crippen LogP contribution >= 0.6 is 11.8 Å². The summed E-state index contributed by atoms with van der Waals surface area (Å²) >= 11 is 1.96. The average Bonchev–Trinajstić information content (AvgIpc) is 3.08. The maximum atomic E-state index is 11.2. The van der Waals surface area contributed by atoms with Gasteiger partial charge in [-0.3, -0.25) is 0 Å². The van der Waals surface area contributed by atoms with Crippen LogP contribution in [0.3, 0.4) is 0 Å². The van der Waals surface area contributed by atoms with Crippen LogP contribution in [0.25, 0.3) is 0 Å². The molecule has 0 heterocycles. The molecule has 0 aromatic carbocycles. The molecule has 0 aliphatic heterocycles. The fraction of sp³-hybridized carbons (Fsp3) is 0.793. The van der Waals surface area contributed by atoms with Crippen molar-refractivity contribution in [1.82, 2.24) is 0 Å². The Morgan fingerprint density at radius 3 is 2.56 bits per heavy atom. The quantitative estimate of drug-likeness (QED) is 0.317. The highest BCUT2D eigenvalue weighted by atomic mass is 32.2. The van der Waals surface area contributed by atoms with Crippen molar-refractivity contribution in [2.45, 2.75) is 121 Å². The largest absolute Gasteiger partial charge is 0.393 e. The molecule has 194 valence electrons. The topological polar surface area (TPSA) is 80.9 Å². The Morgan fingerprint density at radius 1 is 1.18 bits per heavy atom. The number of fused-ring (bicyclic) bond motifs is 1. The monoisotopic (exact) mass is 492 g/mol. The van der Waals surface area contributed by atoms with E-state index in [-0.39, 0.29) is 17.4 Å². The summed E-state index contributed by atoms with van der Waals surface area (Å²) in [4.78, 5) is 0. The van der Waals surface area contributed by atoms with E-state index in [1.165, 1.54) is 5.57 Å². The van der Waals surface area contributed by atoms with Crippen molar-refractivity contribution in [1.29, 1.82) is 0 Å². The Bertz CT molecular complexity index is 770. The molecule has 0 aromatic heterocycles. The summed E-state index contributed by atoms with van der Waals surface area (Å²) in [7, 11) is 0. The third-order valence-electron chi connectivity index (χ3n) is 9.33. The molecular formula is C29H48O4S. The Labute approximate surface area is 211 Å². The van der Waals surface area contributed by atoms with E-state index in [1.807, 2.05) is 11.8 Å². The van der Waals surface area contributed by atoms with Crippen LogP contribution in [0.2, 0.25) is 0 Å². The Balaban J connectivity index is 1.68. The molecular weight excluding hydrogens is 444 g/mol. The van der Waals surface area contributed by atoms with Crippen molar-refractivity contribution in [3.05, 3.63) is 35.5 Å². The minimum atomic E-state index is -0.661. The standard InChI is InChI=1S/C29H48O4S/c1-6-29(33,7-2)14-9-15-34-20(4)27-26(32)18-24-21(10-8-13-28(24,27)5)11-12-22-16-23(30)17-25(31)19(22)3/h11-12,20,23-27,30-33H,3,6-10,13-18H2,1-2,4-5H3/t20-,23+,24-,25-,26-,27-,28-/m0/s1. The lowest BCUT2D eigenvalue weighted by Crippen LogP contribution is -2.39. The molecule has 3 saturated carbocycles. The number of rotatable bonds is 9. The van der Waals surface area contributed by atoms with Gasteiger partial charge in [0.1, 0.15) is 0 Å². The first-order valence-corrected chi connectivity index (χ1v) is 14.6. The average molecular weight is 493 g/mol. The maximum Gasteiger partial charge on any atom is 0.0811 e. The predicted octanol–water partition coefficient (Wildman–Crippen LogP) is 5.55. The van der Waals surface area contributed by atoms with Gasteiger partial charge in [0.2, 0.25) is 0 Å². The molecule has 0 saturated heterocycles. The molecule has 7 atom stereocenters. The Morgan fingerprint density at radius 2 is 1.88 bits per heavy atom. The summed E-state index contributed by atoms with van der Waals surface area (Å²) in [6.45, 7) is 12.8. The number of thioether (sulfide) groups is 1. The van der Waals surface area contributed by atoms with Crippen molar-refractivity contribution in [2.24, 2.45) is 17.3 Å². The van der Waals surface area contributed by atoms with Crippen LogP contribution in [0.4, 0.5) is 0 Å². The molecule has 4 nitrogen and oxygen atoms in total. The Hall–Kier alpha value is -0.590. The molecule has 3 rings (SSSR count). The van der Waals surface area contributed by atoms with Gasteiger partial charge in [-0.15, -0.1) is 0 Å². The van der Waals surface area contributed by atoms with Crippen LogP contribution in [0, 0.1) is 17.3 Å². The smallest absolute Gasteiger partial charge is 0.0811 e. The molecule has 0 aromatic rings. The van der Waals surface area contributed by atoms with Gasteiger partial charge >= 0.3 is 0 Å². The third-order valence-corrected chi connectivity index (χ3v) is 10.7. The van der Waals surface area contributed by atoms with Crippen molar-refractivity contribution in [2.75, 3.05) is 5.75 Å². The van der Waals surface area contributed by atoms with E-state index < -0.39 is 17.8 Å². The fourth-order valence-corrected chi connectivity index (χ4v) is 8.37. The SMILES string of the molecule is C=C1C(=CC=C2CCC[C@]3(C)[C@@H]([C@H](C)SCCCC(O)(CC)CC)[C@@H](O)C[C@@H]23)C[C@@H](O)C[C@@H]1O. The van der Waals surface area contributed by atoms with Crippen LogP contribution in [0.5, 0.6) is 0 Å². The summed E-state index contributed by atoms with van der Waals surface area (Å²) in [6, 6.07) is 0. The Kier molecular flexibility index (Phi) is 9.58. The summed E-state index contributed by atoms with van der Waals surface area (Å²) in [6.07, 6.45) is 11.3. The van der Waals surface area contributed by atoms with E-state index in [0.717, 1.165) is 68.3 Å². The van der Waals surface area contributed by atoms with Crippen LogP contribution in [0.1, 0.15) is 91.9 Å². The van der Waals surface area contributed by atoms with Gasteiger partial charge in [-0.25, -0.2) is 0 Å². The first-order chi connectivity index (χ1) is 16.0. The first kappa shape index (κ1) is 28.0. The van der Waals surface area contributed by atoms with E-state index in [2.05, 4.69) is 46.4 Å². The van der Waals surface area contributed by atoms with E-state index in [0.29, 0.717) is 24.0 Å². The predicted molar refractivity (Wildman–Crippen MR) is 143 cm³/mol. The number of hydrogen-bond donors (Lipinski definition) is 4. The van der Waals surface area contributed by atoms with Crippen molar-refractivity contribution < 1.29 is 20.4 Å². The van der Waals surface area contributed by atoms with Crippen molar-refractivity contribution >= 4 is 11.8 Å². The van der Waals surface area contributed by atoms with Crippen LogP contribution in [-0.4, -0.2) is 55.3 Å². The highest BCUT2D eigenvalue weighted by molar-refractivity contribution is 7.99. The molecule has 3 aliphatic rings. The van der Waals surface area contributed by atoms with Gasteiger partial charge in [-0.05, 0) is 86.0 Å². The van der Waals surface area contributed by atoms with E-state index in [9.17, 15) is 20.4 Å². The fourth-order valence-electron chi connectivity index (χ4n) is 6.98. The number of hydrogen-bond acceptors (Lipinski definition) is 5. The summed E-state index contributed by atoms with van der Waals surface area (Å²) < 4.78 is 0. The molecule has 5 heteroatoms. The second-order valence-electron chi connectivity index (χ2n) is 11.4. The summed E-state index contributed by atoms with van der Waals surface area (Å²) in [5.41, 5.74) is 2.64. The van der Waals surface area contributed by atoms with Gasteiger partial charge in [0.15, 0.2) is 0 Å². The van der Waals surface area contributed by atoms with Gasteiger partial charge in [-0.1, -0.05) is 52.0 Å². The number of aliphatic hydroxyl groups is 4. The molecule has 3 aliphatic carbocycles. The molecule has 0 unspecified atom stereocenters. The molecule has 0 radical (unpaired) electrons. The zero-order valence-corrected chi connectivity index (χ0v) is 22.6. The van der Waals surface area contributed by atoms with Gasteiger partial charge in [0.25, 0.3) is 0 Å². The van der Waals surface area contributed by atoms with Crippen molar-refractivity contribution in [3.63, 3.8) is 0 Å². The van der Waals surface area contributed by atoms with Crippen LogP contribution < -0.4 is 0 Å². The highest BCUT2D eigenvalue weighted by Gasteiger charge is 2.55. The lowest BCUT2D eigenvalue weighted by atomic mass is 9.63. The van der Waals surface area contributed by atoms with Gasteiger partial charge < -0.3 is 20.4 Å². The number of aliphatic hydroxyl groups excluding tert-OH is 3. The first-order valence-electron chi connectivity index (χ1n) is 13.5. The number of allylic oxidation sites excluding steroid dienone is 3. The molecule has 4 N–H and O–H groups in total. The molecule has 0 bridgehead atoms. The molecule has 34 heavy (non-hydrogen) atoms. The molecule has 0 spiro atoms. The van der Waals surface area contributed by atoms with Crippen molar-refractivity contribution in [3.8, 4) is 0 Å². The minimum absolute atomic E-state index is 0.0879. The van der Waals surface area contributed by atoms with Gasteiger partial charge in [0.05, 0.1) is 23.9 Å². The van der Waals surface area contributed by atoms with E-state index in [1.54, 1.807) is 0 Å². The molecule has 0 amide bonds. The van der Waals surface area contributed by atoms with E-state index >= 15 is 0 Å². The normalized spacial score (nSPS) is 37.9. The minimum Gasteiger partial charge on any atom is -0.393 e. The van der Waals surface area contributed by atoms with Gasteiger partial charge in [0, 0.05) is 17.6 Å². The molecule has 3 fully saturated rings. The summed E-state index contributed by atoms with van der Waals surface area (Å²) in [5, 5.41) is 42.4. The second kappa shape index (κ2) is 11.6. The lowest BCUT2D eigenvalue weighted by molar-refractivity contribution is 0.0232. The van der Waals surface area contributed by atoms with Crippen LogP contribution in [0.15, 0.2) is 35.5 Å². The third kappa shape index (κ3) is 6.03. The maximum absolute atomic E-state index is 11.2. The van der Waals surface area contributed by atoms with E-state index in [4.69, 9.17) is 0 Å². The highest BCUT2D eigenvalue weighted by Crippen LogP contribution is 2.59.